The highest BCUT2D eigenvalue weighted by Crippen LogP contribution is 2.37. The number of rotatable bonds is 7. The van der Waals surface area contributed by atoms with Crippen molar-refractivity contribution >= 4 is 59.6 Å². The lowest BCUT2D eigenvalue weighted by atomic mass is 10.1. The van der Waals surface area contributed by atoms with Gasteiger partial charge in [0.15, 0.2) is 5.78 Å². The van der Waals surface area contributed by atoms with Gasteiger partial charge >= 0.3 is 0 Å². The molecule has 30 heavy (non-hydrogen) atoms. The summed E-state index contributed by atoms with van der Waals surface area (Å²) < 4.78 is 14.1. The van der Waals surface area contributed by atoms with Crippen LogP contribution in [0, 0.1) is 6.92 Å². The molecule has 0 bridgehead atoms. The van der Waals surface area contributed by atoms with E-state index in [2.05, 4.69) is 47.8 Å². The molecule has 0 amide bonds. The van der Waals surface area contributed by atoms with Gasteiger partial charge in [0.25, 0.3) is 0 Å². The molecule has 3 aromatic carbocycles. The third-order valence-electron chi connectivity index (χ3n) is 4.37. The Morgan fingerprint density at radius 1 is 1.00 bits per heavy atom. The second-order valence-electron chi connectivity index (χ2n) is 6.63. The van der Waals surface area contributed by atoms with Gasteiger partial charge in [-0.15, -0.1) is 0 Å². The number of aryl methyl sites for hydroxylation is 1. The van der Waals surface area contributed by atoms with Crippen LogP contribution >= 0.6 is 47.8 Å². The van der Waals surface area contributed by atoms with E-state index in [0.717, 1.165) is 35.9 Å². The number of ketones is 1. The second-order valence-corrected chi connectivity index (χ2v) is 9.25. The fraction of sp³-hybridized carbons (Fsp3) is 0.125. The topological polar surface area (TPSA) is 35.5 Å². The van der Waals surface area contributed by atoms with Crippen molar-refractivity contribution in [3.63, 3.8) is 0 Å². The maximum Gasteiger partial charge on any atom is 0.185 e. The van der Waals surface area contributed by atoms with E-state index >= 15 is 0 Å². The Labute approximate surface area is 201 Å². The molecule has 0 spiro atoms. The number of benzene rings is 3. The van der Waals surface area contributed by atoms with E-state index in [0.29, 0.717) is 17.9 Å². The molecule has 0 aliphatic carbocycles. The molecule has 0 saturated heterocycles. The van der Waals surface area contributed by atoms with Crippen LogP contribution in [0.2, 0.25) is 0 Å². The Kier molecular flexibility index (Phi) is 7.92. The molecule has 0 saturated carbocycles. The van der Waals surface area contributed by atoms with Crippen LogP contribution in [0.3, 0.4) is 0 Å². The zero-order valence-electron chi connectivity index (χ0n) is 16.4. The van der Waals surface area contributed by atoms with Crippen molar-refractivity contribution in [2.24, 2.45) is 0 Å². The molecule has 3 rings (SSSR count). The lowest BCUT2D eigenvalue weighted by Gasteiger charge is -2.14. The van der Waals surface area contributed by atoms with Crippen molar-refractivity contribution in [1.82, 2.24) is 0 Å². The number of methoxy groups -OCH3 is 1. The fourth-order valence-electron chi connectivity index (χ4n) is 2.90. The number of allylic oxidation sites excluding steroid dienone is 1. The van der Waals surface area contributed by atoms with Gasteiger partial charge in [-0.3, -0.25) is 4.79 Å². The normalized spacial score (nSPS) is 11.0. The quantitative estimate of drug-likeness (QED) is 0.207. The molecule has 3 aromatic rings. The van der Waals surface area contributed by atoms with Crippen LogP contribution in [-0.4, -0.2) is 12.9 Å². The van der Waals surface area contributed by atoms with Gasteiger partial charge in [-0.05, 0) is 80.8 Å². The molecule has 0 unspecified atom stereocenters. The minimum Gasteiger partial charge on any atom is -0.496 e. The van der Waals surface area contributed by atoms with Crippen LogP contribution in [0.1, 0.15) is 27.0 Å². The number of carbonyl (C=O) groups is 1. The molecule has 0 heterocycles. The first-order chi connectivity index (χ1) is 14.4. The van der Waals surface area contributed by atoms with Crippen molar-refractivity contribution in [3.8, 4) is 11.5 Å². The van der Waals surface area contributed by atoms with Crippen LogP contribution in [0.5, 0.6) is 11.5 Å². The molecule has 3 nitrogen and oxygen atoms in total. The van der Waals surface area contributed by atoms with E-state index in [-0.39, 0.29) is 5.78 Å². The van der Waals surface area contributed by atoms with Gasteiger partial charge in [0.05, 0.1) is 16.1 Å². The summed E-state index contributed by atoms with van der Waals surface area (Å²) in [4.78, 5) is 12.4. The minimum absolute atomic E-state index is 0.0324. The Bertz CT molecular complexity index is 1080. The zero-order chi connectivity index (χ0) is 21.7. The predicted molar refractivity (Wildman–Crippen MR) is 131 cm³/mol. The van der Waals surface area contributed by atoms with Gasteiger partial charge in [0.1, 0.15) is 18.1 Å². The first-order valence-corrected chi connectivity index (χ1v) is 11.5. The molecule has 154 valence electrons. The van der Waals surface area contributed by atoms with Crippen LogP contribution in [0.4, 0.5) is 0 Å². The van der Waals surface area contributed by atoms with Crippen LogP contribution in [0.25, 0.3) is 6.08 Å². The van der Waals surface area contributed by atoms with Gasteiger partial charge in [0, 0.05) is 15.6 Å². The minimum atomic E-state index is -0.0324. The van der Waals surface area contributed by atoms with E-state index < -0.39 is 0 Å². The highest BCUT2D eigenvalue weighted by Gasteiger charge is 2.11. The summed E-state index contributed by atoms with van der Waals surface area (Å²) in [6.45, 7) is 2.29. The number of ether oxygens (including phenoxy) is 2. The fourth-order valence-corrected chi connectivity index (χ4v) is 5.39. The Hall–Kier alpha value is -1.89. The van der Waals surface area contributed by atoms with Crippen molar-refractivity contribution in [2.45, 2.75) is 13.5 Å². The first kappa shape index (κ1) is 22.8. The van der Waals surface area contributed by atoms with E-state index in [1.54, 1.807) is 19.3 Å². The van der Waals surface area contributed by atoms with E-state index in [1.165, 1.54) is 0 Å². The molecule has 0 aliphatic heterocycles. The number of halogens is 3. The molecule has 0 N–H and O–H groups in total. The summed E-state index contributed by atoms with van der Waals surface area (Å²) in [5.41, 5.74) is 3.50. The second kappa shape index (κ2) is 10.4. The van der Waals surface area contributed by atoms with Gasteiger partial charge in [0.2, 0.25) is 0 Å². The van der Waals surface area contributed by atoms with Crippen LogP contribution in [0.15, 0.2) is 74.1 Å². The molecule has 0 fully saturated rings. The number of hydrogen-bond acceptors (Lipinski definition) is 3. The maximum absolute atomic E-state index is 12.4. The zero-order valence-corrected chi connectivity index (χ0v) is 21.2. The third kappa shape index (κ3) is 5.84. The van der Waals surface area contributed by atoms with Crippen molar-refractivity contribution in [1.29, 1.82) is 0 Å². The number of carbonyl (C=O) groups excluding carboxylic acids is 1. The van der Waals surface area contributed by atoms with Gasteiger partial charge in [-0.1, -0.05) is 51.8 Å². The Balaban J connectivity index is 1.79. The van der Waals surface area contributed by atoms with Crippen molar-refractivity contribution in [3.05, 3.63) is 96.3 Å². The average molecular weight is 595 g/mol. The summed E-state index contributed by atoms with van der Waals surface area (Å²) in [5.74, 6) is 1.40. The number of hydrogen-bond donors (Lipinski definition) is 0. The summed E-state index contributed by atoms with van der Waals surface area (Å²) in [5, 5.41) is 0. The van der Waals surface area contributed by atoms with E-state index in [4.69, 9.17) is 9.47 Å². The predicted octanol–water partition coefficient (Wildman–Crippen LogP) is 7.77. The molecule has 0 aromatic heterocycles. The lowest BCUT2D eigenvalue weighted by molar-refractivity contribution is 0.104. The molecule has 0 aliphatic rings. The van der Waals surface area contributed by atoms with E-state index in [1.807, 2.05) is 61.5 Å². The monoisotopic (exact) mass is 592 g/mol. The van der Waals surface area contributed by atoms with E-state index in [9.17, 15) is 4.79 Å². The first-order valence-electron chi connectivity index (χ1n) is 9.10. The lowest BCUT2D eigenvalue weighted by Crippen LogP contribution is -2.00. The Morgan fingerprint density at radius 2 is 1.73 bits per heavy atom. The SMILES string of the molecule is COc1ccc(/C=C/C(=O)c2cccc(C)c2)cc1COc1c(Br)cc(Br)cc1Br. The average Bonchev–Trinajstić information content (AvgIpc) is 2.71. The summed E-state index contributed by atoms with van der Waals surface area (Å²) in [7, 11) is 1.63. The summed E-state index contributed by atoms with van der Waals surface area (Å²) in [6, 6.07) is 17.2. The molecule has 6 heteroatoms. The van der Waals surface area contributed by atoms with Crippen LogP contribution in [-0.2, 0) is 6.61 Å². The molecule has 0 radical (unpaired) electrons. The molecule has 0 atom stereocenters. The van der Waals surface area contributed by atoms with Gasteiger partial charge in [-0.2, -0.15) is 0 Å². The third-order valence-corrected chi connectivity index (χ3v) is 6.01. The van der Waals surface area contributed by atoms with Crippen LogP contribution < -0.4 is 9.47 Å². The smallest absolute Gasteiger partial charge is 0.185 e. The molecular formula is C24H19Br3O3. The standard InChI is InChI=1S/C24H19Br3O3/c1-15-4-3-5-17(10-15)22(28)8-6-16-7-9-23(29-2)18(11-16)14-30-24-20(26)12-19(25)13-21(24)27/h3-13H,14H2,1-2H3/b8-6+. The van der Waals surface area contributed by atoms with Crippen molar-refractivity contribution < 1.29 is 14.3 Å². The summed E-state index contributed by atoms with van der Waals surface area (Å²) >= 11 is 10.5. The highest BCUT2D eigenvalue weighted by molar-refractivity contribution is 9.11. The summed E-state index contributed by atoms with van der Waals surface area (Å²) in [6.07, 6.45) is 3.39. The Morgan fingerprint density at radius 3 is 2.40 bits per heavy atom. The van der Waals surface area contributed by atoms with Gasteiger partial charge in [-0.25, -0.2) is 0 Å². The van der Waals surface area contributed by atoms with Crippen molar-refractivity contribution in [2.75, 3.05) is 7.11 Å². The largest absolute Gasteiger partial charge is 0.496 e. The van der Waals surface area contributed by atoms with Gasteiger partial charge < -0.3 is 9.47 Å². The maximum atomic E-state index is 12.4. The highest BCUT2D eigenvalue weighted by atomic mass is 79.9. The molecular weight excluding hydrogens is 576 g/mol.